The molecular weight excluding hydrogens is 387 g/mol. The molecule has 0 radical (unpaired) electrons. The highest BCUT2D eigenvalue weighted by atomic mass is 19.1. The number of carbonyl (C=O) groups is 2. The molecule has 1 fully saturated rings. The molecule has 0 aliphatic carbocycles. The number of halogens is 1. The quantitative estimate of drug-likeness (QED) is 0.652. The lowest BCUT2D eigenvalue weighted by molar-refractivity contribution is 0.100. The van der Waals surface area contributed by atoms with Gasteiger partial charge in [0.25, 0.3) is 5.91 Å². The van der Waals surface area contributed by atoms with Gasteiger partial charge in [0.1, 0.15) is 11.5 Å². The van der Waals surface area contributed by atoms with Crippen molar-refractivity contribution in [3.8, 4) is 5.69 Å². The first-order valence-corrected chi connectivity index (χ1v) is 9.68. The van der Waals surface area contributed by atoms with E-state index in [1.54, 1.807) is 19.1 Å². The van der Waals surface area contributed by atoms with Gasteiger partial charge in [0.2, 0.25) is 0 Å². The van der Waals surface area contributed by atoms with Crippen LogP contribution in [0.2, 0.25) is 0 Å². The summed E-state index contributed by atoms with van der Waals surface area (Å²) in [6.07, 6.45) is 5.14. The number of Topliss-reactive ketones (excluding diaryl/α,β-unsaturated/α-hetero) is 1. The van der Waals surface area contributed by atoms with Crippen molar-refractivity contribution in [1.29, 1.82) is 0 Å². The molecule has 3 heterocycles. The van der Waals surface area contributed by atoms with Gasteiger partial charge >= 0.3 is 0 Å². The monoisotopic (exact) mass is 408 g/mol. The van der Waals surface area contributed by atoms with Crippen LogP contribution in [0.5, 0.6) is 0 Å². The number of nitrogens with zero attached hydrogens (tertiary/aromatic N) is 5. The summed E-state index contributed by atoms with van der Waals surface area (Å²) in [5, 5.41) is 10.5. The summed E-state index contributed by atoms with van der Waals surface area (Å²) in [7, 11) is 0. The second-order valence-corrected chi connectivity index (χ2v) is 7.28. The highest BCUT2D eigenvalue weighted by molar-refractivity contribution is 6.05. The predicted octanol–water partition coefficient (Wildman–Crippen LogP) is 3.16. The molecule has 154 valence electrons. The molecule has 0 saturated carbocycles. The minimum atomic E-state index is -0.452. The number of hydrogen-bond donors (Lipinski definition) is 1. The lowest BCUT2D eigenvalue weighted by Gasteiger charge is -2.18. The minimum absolute atomic E-state index is 0.198. The fourth-order valence-corrected chi connectivity index (χ4v) is 3.43. The fraction of sp³-hybridized carbons (Fsp3) is 0.286. The Hall–Kier alpha value is -3.62. The van der Waals surface area contributed by atoms with Crippen molar-refractivity contribution in [2.24, 2.45) is 0 Å². The molecule has 9 heteroatoms. The van der Waals surface area contributed by atoms with Crippen LogP contribution in [-0.4, -0.2) is 44.8 Å². The maximum absolute atomic E-state index is 14.1. The molecule has 1 aromatic carbocycles. The van der Waals surface area contributed by atoms with Crippen LogP contribution in [0.15, 0.2) is 36.7 Å². The van der Waals surface area contributed by atoms with Crippen molar-refractivity contribution in [1.82, 2.24) is 20.0 Å². The van der Waals surface area contributed by atoms with Gasteiger partial charge in [-0.2, -0.15) is 0 Å². The van der Waals surface area contributed by atoms with Crippen LogP contribution in [0.3, 0.4) is 0 Å². The summed E-state index contributed by atoms with van der Waals surface area (Å²) in [6, 6.07) is 6.04. The molecule has 1 amide bonds. The van der Waals surface area contributed by atoms with E-state index in [2.05, 4.69) is 25.5 Å². The average molecular weight is 408 g/mol. The van der Waals surface area contributed by atoms with Crippen molar-refractivity contribution >= 4 is 23.1 Å². The first-order chi connectivity index (χ1) is 14.4. The zero-order valence-electron chi connectivity index (χ0n) is 16.7. The number of rotatable bonds is 5. The van der Waals surface area contributed by atoms with E-state index in [-0.39, 0.29) is 17.0 Å². The van der Waals surface area contributed by atoms with Gasteiger partial charge < -0.3 is 10.2 Å². The Morgan fingerprint density at radius 2 is 1.90 bits per heavy atom. The van der Waals surface area contributed by atoms with Crippen LogP contribution < -0.4 is 10.2 Å². The van der Waals surface area contributed by atoms with Crippen LogP contribution >= 0.6 is 0 Å². The smallest absolute Gasteiger partial charge is 0.255 e. The van der Waals surface area contributed by atoms with Crippen molar-refractivity contribution < 1.29 is 14.0 Å². The van der Waals surface area contributed by atoms with Gasteiger partial charge in [-0.1, -0.05) is 5.21 Å². The topological polar surface area (TPSA) is 93.0 Å². The lowest BCUT2D eigenvalue weighted by atomic mass is 10.1. The largest absolute Gasteiger partial charge is 0.371 e. The summed E-state index contributed by atoms with van der Waals surface area (Å²) in [5.41, 5.74) is 2.82. The Balaban J connectivity index is 1.58. The van der Waals surface area contributed by atoms with E-state index < -0.39 is 11.7 Å². The number of aryl methyl sites for hydroxylation is 1. The Morgan fingerprint density at radius 1 is 1.13 bits per heavy atom. The lowest BCUT2D eigenvalue weighted by Crippen LogP contribution is -2.19. The third-order valence-corrected chi connectivity index (χ3v) is 5.03. The van der Waals surface area contributed by atoms with E-state index in [4.69, 9.17) is 0 Å². The molecule has 30 heavy (non-hydrogen) atoms. The number of anilines is 2. The molecule has 0 unspecified atom stereocenters. The maximum Gasteiger partial charge on any atom is 0.255 e. The Morgan fingerprint density at radius 3 is 2.60 bits per heavy atom. The first kappa shape index (κ1) is 19.7. The molecule has 4 rings (SSSR count). The van der Waals surface area contributed by atoms with Gasteiger partial charge in [0.15, 0.2) is 5.78 Å². The third kappa shape index (κ3) is 4.05. The standard InChI is InChI=1S/C21H21FN6O2/c1-13-20(28-12-19(14(2)29)25-26-28)10-17(11-23-13)24-21(30)15-7-16(22)9-18(8-15)27-5-3-4-6-27/h7-12H,3-6H2,1-2H3,(H,24,30). The van der Waals surface area contributed by atoms with E-state index >= 15 is 0 Å². The van der Waals surface area contributed by atoms with Crippen molar-refractivity contribution in [3.05, 3.63) is 59.4 Å². The Bertz CT molecular complexity index is 1120. The van der Waals surface area contributed by atoms with Crippen LogP contribution in [0.25, 0.3) is 5.69 Å². The molecule has 1 saturated heterocycles. The summed E-state index contributed by atoms with van der Waals surface area (Å²) >= 11 is 0. The molecule has 1 N–H and O–H groups in total. The van der Waals surface area contributed by atoms with Crippen LogP contribution in [-0.2, 0) is 0 Å². The van der Waals surface area contributed by atoms with Crippen molar-refractivity contribution in [2.45, 2.75) is 26.7 Å². The number of pyridine rings is 1. The summed E-state index contributed by atoms with van der Waals surface area (Å²) in [5.74, 6) is -1.09. The molecule has 2 aromatic heterocycles. The van der Waals surface area contributed by atoms with Crippen LogP contribution in [0, 0.1) is 12.7 Å². The second-order valence-electron chi connectivity index (χ2n) is 7.28. The average Bonchev–Trinajstić information content (AvgIpc) is 3.41. The van der Waals surface area contributed by atoms with Crippen molar-refractivity contribution in [3.63, 3.8) is 0 Å². The van der Waals surface area contributed by atoms with Gasteiger partial charge in [-0.15, -0.1) is 5.10 Å². The van der Waals surface area contributed by atoms with E-state index in [1.807, 2.05) is 0 Å². The zero-order valence-corrected chi connectivity index (χ0v) is 16.7. The predicted molar refractivity (Wildman–Crippen MR) is 110 cm³/mol. The van der Waals surface area contributed by atoms with Crippen molar-refractivity contribution in [2.75, 3.05) is 23.3 Å². The third-order valence-electron chi connectivity index (χ3n) is 5.03. The molecule has 1 aliphatic heterocycles. The molecular formula is C21H21FN6O2. The number of amides is 1. The summed E-state index contributed by atoms with van der Waals surface area (Å²) < 4.78 is 15.6. The maximum atomic E-state index is 14.1. The molecule has 3 aromatic rings. The number of benzene rings is 1. The molecule has 8 nitrogen and oxygen atoms in total. The van der Waals surface area contributed by atoms with Crippen LogP contribution in [0.4, 0.5) is 15.8 Å². The summed E-state index contributed by atoms with van der Waals surface area (Å²) in [4.78, 5) is 30.6. The number of ketones is 1. The zero-order chi connectivity index (χ0) is 21.3. The number of hydrogen-bond acceptors (Lipinski definition) is 6. The first-order valence-electron chi connectivity index (χ1n) is 9.68. The minimum Gasteiger partial charge on any atom is -0.371 e. The number of aromatic nitrogens is 4. The molecule has 0 spiro atoms. The van der Waals surface area contributed by atoms with E-state index in [0.717, 1.165) is 25.9 Å². The normalized spacial score (nSPS) is 13.5. The molecule has 1 aliphatic rings. The highest BCUT2D eigenvalue weighted by Gasteiger charge is 2.17. The number of nitrogens with one attached hydrogen (secondary N) is 1. The van der Waals surface area contributed by atoms with E-state index in [0.29, 0.717) is 22.8 Å². The number of carbonyl (C=O) groups excluding carboxylic acids is 2. The van der Waals surface area contributed by atoms with Gasteiger partial charge in [-0.05, 0) is 44.0 Å². The molecule has 0 atom stereocenters. The molecule has 0 bridgehead atoms. The second kappa shape index (κ2) is 8.02. The Kier molecular flexibility index (Phi) is 5.26. The van der Waals surface area contributed by atoms with Crippen LogP contribution in [0.1, 0.15) is 46.3 Å². The van der Waals surface area contributed by atoms with Gasteiger partial charge in [0, 0.05) is 31.3 Å². The fourth-order valence-electron chi connectivity index (χ4n) is 3.43. The summed E-state index contributed by atoms with van der Waals surface area (Å²) in [6.45, 7) is 4.91. The Labute approximate surface area is 172 Å². The highest BCUT2D eigenvalue weighted by Crippen LogP contribution is 2.24. The SMILES string of the molecule is CC(=O)c1cn(-c2cc(NC(=O)c3cc(F)cc(N4CCCC4)c3)cnc2C)nn1. The van der Waals surface area contributed by atoms with Gasteiger partial charge in [-0.25, -0.2) is 9.07 Å². The van der Waals surface area contributed by atoms with Gasteiger partial charge in [-0.3, -0.25) is 14.6 Å². The van der Waals surface area contributed by atoms with E-state index in [1.165, 1.54) is 36.1 Å². The van der Waals surface area contributed by atoms with Gasteiger partial charge in [0.05, 0.1) is 29.5 Å². The van der Waals surface area contributed by atoms with E-state index in [9.17, 15) is 14.0 Å².